The number of rotatable bonds is 4. The predicted molar refractivity (Wildman–Crippen MR) is 106 cm³/mol. The monoisotopic (exact) mass is 362 g/mol. The van der Waals surface area contributed by atoms with Crippen molar-refractivity contribution in [1.82, 2.24) is 15.7 Å². The molecule has 3 aromatic rings. The van der Waals surface area contributed by atoms with Crippen LogP contribution in [0.3, 0.4) is 0 Å². The van der Waals surface area contributed by atoms with Crippen molar-refractivity contribution in [3.63, 3.8) is 0 Å². The average Bonchev–Trinajstić information content (AvgIpc) is 3.08. The molecular formula is C21H22N4O2. The van der Waals surface area contributed by atoms with Gasteiger partial charge in [-0.05, 0) is 54.8 Å². The summed E-state index contributed by atoms with van der Waals surface area (Å²) in [5.74, 6) is 0.647. The average molecular weight is 362 g/mol. The molecule has 2 atom stereocenters. The second-order valence-corrected chi connectivity index (χ2v) is 6.72. The second-order valence-electron chi connectivity index (χ2n) is 6.72. The molecule has 0 fully saturated rings. The molecule has 6 heteroatoms. The number of amides is 1. The maximum Gasteiger partial charge on any atom is 0.257 e. The quantitative estimate of drug-likeness (QED) is 0.493. The van der Waals surface area contributed by atoms with E-state index < -0.39 is 0 Å². The Morgan fingerprint density at radius 1 is 1.22 bits per heavy atom. The first-order valence-corrected chi connectivity index (χ1v) is 8.98. The molecule has 1 aliphatic rings. The van der Waals surface area contributed by atoms with Crippen LogP contribution < -0.4 is 15.5 Å². The molecule has 1 aromatic heterocycles. The number of fused-ring (bicyclic) bond motifs is 3. The first-order chi connectivity index (χ1) is 13.2. The highest BCUT2D eigenvalue weighted by Gasteiger charge is 2.30. The molecule has 27 heavy (non-hydrogen) atoms. The van der Waals surface area contributed by atoms with Crippen LogP contribution in [-0.2, 0) is 11.2 Å². The normalized spacial score (nSPS) is 19.2. The Kier molecular flexibility index (Phi) is 4.64. The molecule has 3 N–H and O–H groups in total. The molecule has 0 saturated carbocycles. The summed E-state index contributed by atoms with van der Waals surface area (Å²) in [7, 11) is 1.63. The summed E-state index contributed by atoms with van der Waals surface area (Å²) < 4.78 is 5.13. The Morgan fingerprint density at radius 2 is 2.00 bits per heavy atom. The number of ether oxygens (including phenoxy) is 1. The lowest BCUT2D eigenvalue weighted by Gasteiger charge is -2.27. The van der Waals surface area contributed by atoms with Gasteiger partial charge in [0, 0.05) is 22.6 Å². The van der Waals surface area contributed by atoms with E-state index in [1.54, 1.807) is 13.3 Å². The second kappa shape index (κ2) is 7.25. The van der Waals surface area contributed by atoms with Gasteiger partial charge in [0.2, 0.25) is 0 Å². The minimum atomic E-state index is -0.320. The first-order valence-electron chi connectivity index (χ1n) is 8.98. The number of hydrazone groups is 1. The van der Waals surface area contributed by atoms with Gasteiger partial charge in [-0.2, -0.15) is 5.10 Å². The van der Waals surface area contributed by atoms with Crippen LogP contribution >= 0.6 is 0 Å². The zero-order chi connectivity index (χ0) is 18.8. The number of methoxy groups -OCH3 is 1. The Bertz CT molecular complexity index is 991. The van der Waals surface area contributed by atoms with E-state index >= 15 is 0 Å². The van der Waals surface area contributed by atoms with Crippen molar-refractivity contribution in [2.75, 3.05) is 7.11 Å². The van der Waals surface area contributed by atoms with Gasteiger partial charge in [0.05, 0.1) is 19.4 Å². The molecule has 0 unspecified atom stereocenters. The number of aromatic amines is 1. The number of nitrogens with one attached hydrogen (secondary N) is 3. The maximum absolute atomic E-state index is 12.6. The van der Waals surface area contributed by atoms with Gasteiger partial charge in [-0.1, -0.05) is 18.2 Å². The summed E-state index contributed by atoms with van der Waals surface area (Å²) in [5.41, 5.74) is 7.00. The highest BCUT2D eigenvalue weighted by Crippen LogP contribution is 2.31. The van der Waals surface area contributed by atoms with E-state index in [0.717, 1.165) is 22.5 Å². The van der Waals surface area contributed by atoms with Crippen LogP contribution in [0, 0.1) is 0 Å². The number of H-pyrrole nitrogens is 1. The summed E-state index contributed by atoms with van der Waals surface area (Å²) >= 11 is 0. The lowest BCUT2D eigenvalue weighted by Crippen LogP contribution is -2.47. The van der Waals surface area contributed by atoms with Crippen molar-refractivity contribution in [1.29, 1.82) is 0 Å². The lowest BCUT2D eigenvalue weighted by atomic mass is 9.94. The molecule has 0 saturated heterocycles. The van der Waals surface area contributed by atoms with Gasteiger partial charge >= 0.3 is 0 Å². The smallest absolute Gasteiger partial charge is 0.257 e. The van der Waals surface area contributed by atoms with Gasteiger partial charge < -0.3 is 9.72 Å². The number of para-hydroxylation sites is 1. The number of carbonyl (C=O) groups is 1. The molecule has 2 aromatic carbocycles. The topological polar surface area (TPSA) is 78.5 Å². The van der Waals surface area contributed by atoms with E-state index in [4.69, 9.17) is 4.74 Å². The first kappa shape index (κ1) is 17.3. The third-order valence-electron chi connectivity index (χ3n) is 4.96. The summed E-state index contributed by atoms with van der Waals surface area (Å²) in [6.45, 7) is 2.06. The minimum absolute atomic E-state index is 0.0717. The van der Waals surface area contributed by atoms with E-state index in [2.05, 4.69) is 39.9 Å². The molecule has 6 nitrogen and oxygen atoms in total. The van der Waals surface area contributed by atoms with Crippen molar-refractivity contribution in [3.05, 3.63) is 65.4 Å². The van der Waals surface area contributed by atoms with Crippen LogP contribution in [0.2, 0.25) is 0 Å². The van der Waals surface area contributed by atoms with Crippen molar-refractivity contribution in [3.8, 4) is 5.75 Å². The molecule has 0 aliphatic carbocycles. The highest BCUT2D eigenvalue weighted by atomic mass is 16.5. The molecule has 4 rings (SSSR count). The number of benzene rings is 2. The fraction of sp³-hybridized carbons (Fsp3) is 0.238. The van der Waals surface area contributed by atoms with E-state index in [1.165, 1.54) is 10.9 Å². The predicted octanol–water partition coefficient (Wildman–Crippen LogP) is 2.90. The zero-order valence-electron chi connectivity index (χ0n) is 15.3. The molecular weight excluding hydrogens is 340 g/mol. The Balaban J connectivity index is 1.45. The molecule has 0 spiro atoms. The van der Waals surface area contributed by atoms with Gasteiger partial charge in [0.15, 0.2) is 0 Å². The number of hydrogen-bond donors (Lipinski definition) is 3. The fourth-order valence-electron chi connectivity index (χ4n) is 3.57. The SMILES string of the molecule is COc1ccc(/C=N/NC(=O)[C@@H]2Cc3c([nH]c4ccccc34)[C@H](C)N2)cc1. The van der Waals surface area contributed by atoms with Gasteiger partial charge in [-0.3, -0.25) is 10.1 Å². The van der Waals surface area contributed by atoms with E-state index in [1.807, 2.05) is 36.4 Å². The van der Waals surface area contributed by atoms with Crippen molar-refractivity contribution in [2.24, 2.45) is 5.10 Å². The van der Waals surface area contributed by atoms with Crippen LogP contribution in [0.5, 0.6) is 5.75 Å². The van der Waals surface area contributed by atoms with Gasteiger partial charge in [-0.15, -0.1) is 0 Å². The number of hydrogen-bond acceptors (Lipinski definition) is 4. The highest BCUT2D eigenvalue weighted by molar-refractivity contribution is 5.89. The van der Waals surface area contributed by atoms with Crippen LogP contribution in [0.4, 0.5) is 0 Å². The van der Waals surface area contributed by atoms with Gasteiger partial charge in [-0.25, -0.2) is 5.43 Å². The van der Waals surface area contributed by atoms with Crippen molar-refractivity contribution < 1.29 is 9.53 Å². The van der Waals surface area contributed by atoms with Gasteiger partial charge in [0.25, 0.3) is 5.91 Å². The van der Waals surface area contributed by atoms with Crippen LogP contribution in [0.15, 0.2) is 53.6 Å². The molecule has 2 heterocycles. The Hall–Kier alpha value is -3.12. The summed E-state index contributed by atoms with van der Waals surface area (Å²) in [5, 5.41) is 8.63. The lowest BCUT2D eigenvalue weighted by molar-refractivity contribution is -0.123. The molecule has 1 aliphatic heterocycles. The third-order valence-corrected chi connectivity index (χ3v) is 4.96. The Morgan fingerprint density at radius 3 is 2.78 bits per heavy atom. The van der Waals surface area contributed by atoms with Crippen LogP contribution in [-0.4, -0.2) is 30.3 Å². The maximum atomic E-state index is 12.6. The zero-order valence-corrected chi connectivity index (χ0v) is 15.3. The Labute approximate surface area is 157 Å². The summed E-state index contributed by atoms with van der Waals surface area (Å²) in [6, 6.07) is 15.4. The van der Waals surface area contributed by atoms with Gasteiger partial charge in [0.1, 0.15) is 5.75 Å². The van der Waals surface area contributed by atoms with E-state index in [-0.39, 0.29) is 18.0 Å². The molecule has 0 radical (unpaired) electrons. The van der Waals surface area contributed by atoms with Crippen LogP contribution in [0.1, 0.15) is 29.8 Å². The fourth-order valence-corrected chi connectivity index (χ4v) is 3.57. The third kappa shape index (κ3) is 3.44. The van der Waals surface area contributed by atoms with E-state index in [9.17, 15) is 4.79 Å². The molecule has 138 valence electrons. The summed E-state index contributed by atoms with van der Waals surface area (Å²) in [6.07, 6.45) is 2.26. The number of aromatic nitrogens is 1. The number of carbonyl (C=O) groups excluding carboxylic acids is 1. The molecule has 1 amide bonds. The number of nitrogens with zero attached hydrogens (tertiary/aromatic N) is 1. The molecule has 0 bridgehead atoms. The largest absolute Gasteiger partial charge is 0.497 e. The van der Waals surface area contributed by atoms with E-state index in [0.29, 0.717) is 6.42 Å². The summed E-state index contributed by atoms with van der Waals surface area (Å²) in [4.78, 5) is 16.0. The van der Waals surface area contributed by atoms with Crippen molar-refractivity contribution in [2.45, 2.75) is 25.4 Å². The van der Waals surface area contributed by atoms with Crippen LogP contribution in [0.25, 0.3) is 10.9 Å². The minimum Gasteiger partial charge on any atom is -0.497 e. The van der Waals surface area contributed by atoms with Crippen molar-refractivity contribution >= 4 is 23.0 Å². The standard InChI is InChI=1S/C21H22N4O2/c1-13-20-17(16-5-3-4-6-18(16)24-20)11-19(23-13)21(26)25-22-12-14-7-9-15(27-2)10-8-14/h3-10,12-13,19,23-24H,11H2,1-2H3,(H,25,26)/b22-12+/t13-,19-/m0/s1.